The molecule has 0 amide bonds. The highest BCUT2D eigenvalue weighted by molar-refractivity contribution is 7.14. The van der Waals surface area contributed by atoms with Gasteiger partial charge in [-0.25, -0.2) is 14.4 Å². The predicted molar refractivity (Wildman–Crippen MR) is 115 cm³/mol. The third-order valence-corrected chi connectivity index (χ3v) is 6.48. The first-order valence-electron chi connectivity index (χ1n) is 8.95. The first kappa shape index (κ1) is 17.3. The van der Waals surface area contributed by atoms with Crippen LogP contribution in [-0.2, 0) is 0 Å². The molecule has 3 nitrogen and oxygen atoms in total. The minimum absolute atomic E-state index is 0.00692. The fourth-order valence-corrected chi connectivity index (χ4v) is 4.89. The van der Waals surface area contributed by atoms with Crippen LogP contribution in [-0.4, -0.2) is 10.7 Å². The van der Waals surface area contributed by atoms with Crippen molar-refractivity contribution in [3.05, 3.63) is 93.7 Å². The van der Waals surface area contributed by atoms with Crippen LogP contribution in [0.3, 0.4) is 0 Å². The van der Waals surface area contributed by atoms with Crippen LogP contribution in [0.25, 0.3) is 11.3 Å². The lowest BCUT2D eigenvalue weighted by Crippen LogP contribution is -2.18. The second kappa shape index (κ2) is 7.30. The van der Waals surface area contributed by atoms with E-state index < -0.39 is 0 Å². The number of anilines is 1. The van der Waals surface area contributed by atoms with Crippen LogP contribution >= 0.6 is 22.7 Å². The van der Waals surface area contributed by atoms with E-state index in [2.05, 4.69) is 29.0 Å². The molecule has 1 aliphatic rings. The van der Waals surface area contributed by atoms with Gasteiger partial charge in [0.15, 0.2) is 0 Å². The fourth-order valence-electron chi connectivity index (χ4n) is 3.33. The highest BCUT2D eigenvalue weighted by Crippen LogP contribution is 2.39. The van der Waals surface area contributed by atoms with Crippen LogP contribution in [0.1, 0.15) is 22.9 Å². The molecule has 1 aliphatic heterocycles. The third-order valence-electron chi connectivity index (χ3n) is 4.73. The van der Waals surface area contributed by atoms with Gasteiger partial charge in [0, 0.05) is 17.4 Å². The lowest BCUT2D eigenvalue weighted by atomic mass is 10.0. The molecule has 138 valence electrons. The number of aromatic nitrogens is 1. The topological polar surface area (TPSA) is 28.5 Å². The zero-order chi connectivity index (χ0) is 18.9. The zero-order valence-electron chi connectivity index (χ0n) is 14.8. The normalized spacial score (nSPS) is 16.4. The Morgan fingerprint density at radius 3 is 2.50 bits per heavy atom. The first-order valence-corrected chi connectivity index (χ1v) is 10.7. The van der Waals surface area contributed by atoms with Crippen molar-refractivity contribution < 1.29 is 4.39 Å². The van der Waals surface area contributed by atoms with Crippen molar-refractivity contribution in [1.29, 1.82) is 0 Å². The Bertz CT molecular complexity index is 1100. The fraction of sp³-hybridized carbons (Fsp3) is 0.0909. The number of halogens is 1. The van der Waals surface area contributed by atoms with E-state index in [1.54, 1.807) is 22.7 Å². The maximum absolute atomic E-state index is 13.4. The molecule has 0 bridgehead atoms. The van der Waals surface area contributed by atoms with E-state index in [9.17, 15) is 4.39 Å². The molecule has 0 saturated carbocycles. The molecule has 3 heterocycles. The Labute approximate surface area is 170 Å². The number of benzene rings is 2. The lowest BCUT2D eigenvalue weighted by molar-refractivity contribution is 0.624. The van der Waals surface area contributed by atoms with Gasteiger partial charge in [-0.2, -0.15) is 5.10 Å². The van der Waals surface area contributed by atoms with Gasteiger partial charge in [-0.3, -0.25) is 0 Å². The van der Waals surface area contributed by atoms with Crippen molar-refractivity contribution in [2.24, 2.45) is 5.10 Å². The van der Waals surface area contributed by atoms with Gasteiger partial charge < -0.3 is 0 Å². The second-order valence-electron chi connectivity index (χ2n) is 6.52. The third kappa shape index (κ3) is 3.25. The molecule has 0 fully saturated rings. The van der Waals surface area contributed by atoms with Crippen LogP contribution < -0.4 is 5.01 Å². The summed E-state index contributed by atoms with van der Waals surface area (Å²) in [6.07, 6.45) is 0.770. The molecule has 5 rings (SSSR count). The van der Waals surface area contributed by atoms with E-state index in [1.807, 2.05) is 41.4 Å². The predicted octanol–water partition coefficient (Wildman–Crippen LogP) is 6.37. The Morgan fingerprint density at radius 2 is 1.75 bits per heavy atom. The monoisotopic (exact) mass is 405 g/mol. The number of thiazole rings is 1. The number of hydrogen-bond donors (Lipinski definition) is 0. The van der Waals surface area contributed by atoms with Gasteiger partial charge in [-0.1, -0.05) is 48.5 Å². The Balaban J connectivity index is 1.53. The number of nitrogens with zero attached hydrogens (tertiary/aromatic N) is 3. The van der Waals surface area contributed by atoms with Gasteiger partial charge >= 0.3 is 0 Å². The molecule has 28 heavy (non-hydrogen) atoms. The Morgan fingerprint density at radius 1 is 0.929 bits per heavy atom. The van der Waals surface area contributed by atoms with Gasteiger partial charge in [0.05, 0.1) is 22.3 Å². The lowest BCUT2D eigenvalue weighted by Gasteiger charge is -2.21. The molecule has 1 unspecified atom stereocenters. The van der Waals surface area contributed by atoms with E-state index in [0.29, 0.717) is 0 Å². The second-order valence-corrected chi connectivity index (χ2v) is 8.31. The summed E-state index contributed by atoms with van der Waals surface area (Å²) in [7, 11) is 0. The van der Waals surface area contributed by atoms with Crippen molar-refractivity contribution in [3.8, 4) is 11.3 Å². The van der Waals surface area contributed by atoms with Crippen LogP contribution in [0.15, 0.2) is 82.6 Å². The SMILES string of the molecule is Fc1ccc(C2CC(c3cccs3)=NN2c2nc(-c3ccccc3)cs2)cc1. The number of rotatable bonds is 4. The Hall–Kier alpha value is -2.83. The number of hydrazone groups is 1. The van der Waals surface area contributed by atoms with Gasteiger partial charge in [0.1, 0.15) is 5.82 Å². The number of hydrogen-bond acceptors (Lipinski definition) is 5. The molecule has 1 atom stereocenters. The van der Waals surface area contributed by atoms with Gasteiger partial charge in [0.2, 0.25) is 5.13 Å². The molecule has 0 saturated heterocycles. The molecule has 0 radical (unpaired) electrons. The smallest absolute Gasteiger partial charge is 0.207 e. The van der Waals surface area contributed by atoms with E-state index >= 15 is 0 Å². The average Bonchev–Trinajstić information content (AvgIpc) is 3.48. The molecule has 2 aromatic heterocycles. The van der Waals surface area contributed by atoms with Crippen molar-refractivity contribution in [2.45, 2.75) is 12.5 Å². The quantitative estimate of drug-likeness (QED) is 0.395. The maximum Gasteiger partial charge on any atom is 0.207 e. The minimum Gasteiger partial charge on any atom is -0.231 e. The summed E-state index contributed by atoms with van der Waals surface area (Å²) in [6.45, 7) is 0. The van der Waals surface area contributed by atoms with E-state index in [1.165, 1.54) is 12.1 Å². The summed E-state index contributed by atoms with van der Waals surface area (Å²) in [5, 5.41) is 11.9. The molecule has 0 spiro atoms. The summed E-state index contributed by atoms with van der Waals surface area (Å²) in [6, 6.07) is 21.0. The van der Waals surface area contributed by atoms with Crippen molar-refractivity contribution >= 4 is 33.5 Å². The van der Waals surface area contributed by atoms with Crippen molar-refractivity contribution in [3.63, 3.8) is 0 Å². The molecule has 6 heteroatoms. The number of thiophene rings is 1. The highest BCUT2D eigenvalue weighted by atomic mass is 32.1. The maximum atomic E-state index is 13.4. The van der Waals surface area contributed by atoms with Crippen molar-refractivity contribution in [1.82, 2.24) is 4.98 Å². The summed E-state index contributed by atoms with van der Waals surface area (Å²) in [4.78, 5) is 6.00. The highest BCUT2D eigenvalue weighted by Gasteiger charge is 2.32. The first-order chi connectivity index (χ1) is 13.8. The summed E-state index contributed by atoms with van der Waals surface area (Å²) in [5.74, 6) is -0.228. The van der Waals surface area contributed by atoms with E-state index in [4.69, 9.17) is 10.1 Å². The molecular formula is C22H16FN3S2. The molecular weight excluding hydrogens is 389 g/mol. The van der Waals surface area contributed by atoms with E-state index in [-0.39, 0.29) is 11.9 Å². The van der Waals surface area contributed by atoms with Crippen LogP contribution in [0.2, 0.25) is 0 Å². The van der Waals surface area contributed by atoms with Crippen LogP contribution in [0.4, 0.5) is 9.52 Å². The van der Waals surface area contributed by atoms with Gasteiger partial charge in [-0.15, -0.1) is 22.7 Å². The summed E-state index contributed by atoms with van der Waals surface area (Å²) in [5.41, 5.74) is 4.11. The standard InChI is InChI=1S/C22H16FN3S2/c23-17-10-8-16(9-11-17)20-13-18(21-7-4-12-27-21)25-26(20)22-24-19(14-28-22)15-5-2-1-3-6-15/h1-12,14,20H,13H2. The molecule has 0 N–H and O–H groups in total. The molecule has 4 aromatic rings. The average molecular weight is 406 g/mol. The van der Waals surface area contributed by atoms with Gasteiger partial charge in [0.25, 0.3) is 0 Å². The minimum atomic E-state index is -0.228. The Kier molecular flexibility index (Phi) is 4.50. The summed E-state index contributed by atoms with van der Waals surface area (Å²) < 4.78 is 13.4. The van der Waals surface area contributed by atoms with Crippen LogP contribution in [0.5, 0.6) is 0 Å². The summed E-state index contributed by atoms with van der Waals surface area (Å²) >= 11 is 3.26. The van der Waals surface area contributed by atoms with Crippen LogP contribution in [0, 0.1) is 5.82 Å². The van der Waals surface area contributed by atoms with Gasteiger partial charge in [-0.05, 0) is 29.1 Å². The van der Waals surface area contributed by atoms with E-state index in [0.717, 1.165) is 39.0 Å². The van der Waals surface area contributed by atoms with Crippen molar-refractivity contribution in [2.75, 3.05) is 5.01 Å². The zero-order valence-corrected chi connectivity index (χ0v) is 16.5. The largest absolute Gasteiger partial charge is 0.231 e. The molecule has 0 aliphatic carbocycles. The molecule has 2 aromatic carbocycles.